The lowest BCUT2D eigenvalue weighted by Crippen LogP contribution is -2.17. The van der Waals surface area contributed by atoms with Crippen LogP contribution in [0.4, 0.5) is 0 Å². The number of aryl methyl sites for hydroxylation is 2. The van der Waals surface area contributed by atoms with Crippen LogP contribution in [-0.4, -0.2) is 9.78 Å². The molecule has 2 rings (SSSR count). The lowest BCUT2D eigenvalue weighted by molar-refractivity contribution is 0.585. The number of halogens is 3. The number of benzene rings is 1. The van der Waals surface area contributed by atoms with Gasteiger partial charge >= 0.3 is 0 Å². The molecular formula is C14H16Br3N3. The summed E-state index contributed by atoms with van der Waals surface area (Å²) in [6, 6.07) is 5.98. The Hall–Kier alpha value is -0.170. The van der Waals surface area contributed by atoms with Gasteiger partial charge in [-0.3, -0.25) is 4.68 Å². The Morgan fingerprint density at radius 1 is 1.30 bits per heavy atom. The third-order valence-corrected chi connectivity index (χ3v) is 5.47. The predicted octanol–water partition coefficient (Wildman–Crippen LogP) is 4.74. The first kappa shape index (κ1) is 16.2. The number of hydrogen-bond donors (Lipinski definition) is 1. The highest BCUT2D eigenvalue weighted by Gasteiger charge is 2.18. The zero-order chi connectivity index (χ0) is 14.9. The number of nitrogens with two attached hydrogens (primary N) is 1. The number of nitrogens with zero attached hydrogens (tertiary/aromatic N) is 2. The van der Waals surface area contributed by atoms with Crippen molar-refractivity contribution >= 4 is 47.8 Å². The van der Waals surface area contributed by atoms with Crippen LogP contribution < -0.4 is 5.73 Å². The molecule has 0 aliphatic rings. The van der Waals surface area contributed by atoms with E-state index >= 15 is 0 Å². The van der Waals surface area contributed by atoms with Gasteiger partial charge in [0.1, 0.15) is 0 Å². The van der Waals surface area contributed by atoms with Gasteiger partial charge in [0.05, 0.1) is 15.9 Å². The van der Waals surface area contributed by atoms with Gasteiger partial charge in [-0.25, -0.2) is 0 Å². The molecule has 0 bridgehead atoms. The average Bonchev–Trinajstić information content (AvgIpc) is 2.69. The van der Waals surface area contributed by atoms with Gasteiger partial charge in [0, 0.05) is 28.0 Å². The summed E-state index contributed by atoms with van der Waals surface area (Å²) in [5, 5.41) is 4.51. The predicted molar refractivity (Wildman–Crippen MR) is 92.8 cm³/mol. The van der Waals surface area contributed by atoms with E-state index in [0.29, 0.717) is 0 Å². The highest BCUT2D eigenvalue weighted by Crippen LogP contribution is 2.30. The Labute approximate surface area is 144 Å². The molecule has 0 saturated carbocycles. The Morgan fingerprint density at radius 3 is 2.65 bits per heavy atom. The van der Waals surface area contributed by atoms with Crippen LogP contribution in [0.25, 0.3) is 0 Å². The molecule has 1 aromatic carbocycles. The summed E-state index contributed by atoms with van der Waals surface area (Å²) >= 11 is 10.7. The van der Waals surface area contributed by atoms with Gasteiger partial charge in [0.15, 0.2) is 0 Å². The molecular weight excluding hydrogens is 450 g/mol. The van der Waals surface area contributed by atoms with E-state index in [2.05, 4.69) is 65.9 Å². The SMILES string of the molecule is CCn1nc(C)c(Br)c1CC(N)c1cc(Br)ccc1Br. The van der Waals surface area contributed by atoms with E-state index in [4.69, 9.17) is 5.73 Å². The van der Waals surface area contributed by atoms with Crippen molar-refractivity contribution in [1.82, 2.24) is 9.78 Å². The molecule has 1 unspecified atom stereocenters. The van der Waals surface area contributed by atoms with E-state index in [1.54, 1.807) is 0 Å². The molecule has 0 aliphatic carbocycles. The van der Waals surface area contributed by atoms with Crippen LogP contribution >= 0.6 is 47.8 Å². The van der Waals surface area contributed by atoms with Crippen LogP contribution in [-0.2, 0) is 13.0 Å². The molecule has 0 fully saturated rings. The minimum Gasteiger partial charge on any atom is -0.324 e. The first-order valence-corrected chi connectivity index (χ1v) is 8.74. The Bertz CT molecular complexity index is 622. The molecule has 0 amide bonds. The third kappa shape index (κ3) is 3.35. The molecule has 0 saturated heterocycles. The molecule has 1 atom stereocenters. The molecule has 1 aromatic heterocycles. The summed E-state index contributed by atoms with van der Waals surface area (Å²) in [5.74, 6) is 0. The first-order valence-electron chi connectivity index (χ1n) is 6.36. The van der Waals surface area contributed by atoms with Crippen molar-refractivity contribution in [1.29, 1.82) is 0 Å². The van der Waals surface area contributed by atoms with Crippen molar-refractivity contribution in [2.75, 3.05) is 0 Å². The van der Waals surface area contributed by atoms with Gasteiger partial charge in [-0.2, -0.15) is 5.10 Å². The topological polar surface area (TPSA) is 43.8 Å². The van der Waals surface area contributed by atoms with E-state index in [1.807, 2.05) is 23.7 Å². The minimum atomic E-state index is -0.0837. The van der Waals surface area contributed by atoms with Crippen molar-refractivity contribution in [3.63, 3.8) is 0 Å². The molecule has 0 spiro atoms. The Kier molecular flexibility index (Phi) is 5.45. The fourth-order valence-electron chi connectivity index (χ4n) is 2.18. The zero-order valence-corrected chi connectivity index (χ0v) is 16.1. The molecule has 2 N–H and O–H groups in total. The molecule has 1 heterocycles. The van der Waals surface area contributed by atoms with Crippen LogP contribution in [0.15, 0.2) is 31.6 Å². The van der Waals surface area contributed by atoms with Crippen molar-refractivity contribution in [3.8, 4) is 0 Å². The van der Waals surface area contributed by atoms with Crippen LogP contribution in [0.5, 0.6) is 0 Å². The van der Waals surface area contributed by atoms with Crippen LogP contribution in [0, 0.1) is 6.92 Å². The van der Waals surface area contributed by atoms with Crippen LogP contribution in [0.2, 0.25) is 0 Å². The summed E-state index contributed by atoms with van der Waals surface area (Å²) in [6.07, 6.45) is 0.740. The quantitative estimate of drug-likeness (QED) is 0.708. The highest BCUT2D eigenvalue weighted by molar-refractivity contribution is 9.11. The van der Waals surface area contributed by atoms with Gasteiger partial charge < -0.3 is 5.73 Å². The van der Waals surface area contributed by atoms with E-state index in [9.17, 15) is 0 Å². The molecule has 3 nitrogen and oxygen atoms in total. The molecule has 20 heavy (non-hydrogen) atoms. The van der Waals surface area contributed by atoms with Gasteiger partial charge in [-0.05, 0) is 53.5 Å². The number of aromatic nitrogens is 2. The molecule has 2 aromatic rings. The average molecular weight is 466 g/mol. The summed E-state index contributed by atoms with van der Waals surface area (Å²) < 4.78 is 5.13. The summed E-state index contributed by atoms with van der Waals surface area (Å²) in [7, 11) is 0. The van der Waals surface area contributed by atoms with E-state index < -0.39 is 0 Å². The molecule has 6 heteroatoms. The second-order valence-corrected chi connectivity index (χ2v) is 7.20. The summed E-state index contributed by atoms with van der Waals surface area (Å²) in [5.41, 5.74) is 9.62. The molecule has 0 radical (unpaired) electrons. The maximum absolute atomic E-state index is 6.39. The van der Waals surface area contributed by atoms with Crippen molar-refractivity contribution in [2.45, 2.75) is 32.9 Å². The number of hydrogen-bond acceptors (Lipinski definition) is 2. The monoisotopic (exact) mass is 463 g/mol. The maximum Gasteiger partial charge on any atom is 0.0738 e. The Balaban J connectivity index is 2.32. The van der Waals surface area contributed by atoms with Crippen molar-refractivity contribution in [3.05, 3.63) is 48.6 Å². The number of rotatable bonds is 4. The van der Waals surface area contributed by atoms with Crippen molar-refractivity contribution < 1.29 is 0 Å². The summed E-state index contributed by atoms with van der Waals surface area (Å²) in [4.78, 5) is 0. The maximum atomic E-state index is 6.39. The van der Waals surface area contributed by atoms with Crippen LogP contribution in [0.3, 0.4) is 0 Å². The molecule has 0 aliphatic heterocycles. The van der Waals surface area contributed by atoms with E-state index in [1.165, 1.54) is 0 Å². The lowest BCUT2D eigenvalue weighted by Gasteiger charge is -2.15. The fourth-order valence-corrected chi connectivity index (χ4v) is 3.55. The second-order valence-electron chi connectivity index (χ2n) is 4.64. The largest absolute Gasteiger partial charge is 0.324 e. The highest BCUT2D eigenvalue weighted by atomic mass is 79.9. The van der Waals surface area contributed by atoms with Crippen molar-refractivity contribution in [2.24, 2.45) is 5.73 Å². The minimum absolute atomic E-state index is 0.0837. The Morgan fingerprint density at radius 2 is 2.00 bits per heavy atom. The van der Waals surface area contributed by atoms with Crippen LogP contribution in [0.1, 0.15) is 29.9 Å². The first-order chi connectivity index (χ1) is 9.43. The molecule has 108 valence electrons. The van der Waals surface area contributed by atoms with E-state index in [0.717, 1.165) is 43.3 Å². The van der Waals surface area contributed by atoms with Gasteiger partial charge in [0.25, 0.3) is 0 Å². The lowest BCUT2D eigenvalue weighted by atomic mass is 10.0. The van der Waals surface area contributed by atoms with E-state index in [-0.39, 0.29) is 6.04 Å². The standard InChI is InChI=1S/C14H16Br3N3/c1-3-20-13(14(17)8(2)19-20)7-12(18)10-6-9(15)4-5-11(10)16/h4-6,12H,3,7,18H2,1-2H3. The normalized spacial score (nSPS) is 12.7. The summed E-state index contributed by atoms with van der Waals surface area (Å²) in [6.45, 7) is 4.93. The van der Waals surface area contributed by atoms with Gasteiger partial charge in [-0.15, -0.1) is 0 Å². The zero-order valence-electron chi connectivity index (χ0n) is 11.3. The smallest absolute Gasteiger partial charge is 0.0738 e. The fraction of sp³-hybridized carbons (Fsp3) is 0.357. The van der Waals surface area contributed by atoms with Gasteiger partial charge in [0.2, 0.25) is 0 Å². The second kappa shape index (κ2) is 6.73. The van der Waals surface area contributed by atoms with Gasteiger partial charge in [-0.1, -0.05) is 31.9 Å². The third-order valence-electron chi connectivity index (χ3n) is 3.22.